The van der Waals surface area contributed by atoms with Gasteiger partial charge in [-0.25, -0.2) is 18.3 Å². The molecule has 154 valence electrons. The van der Waals surface area contributed by atoms with Crippen molar-refractivity contribution < 1.29 is 13.6 Å². The molecule has 3 aromatic heterocycles. The van der Waals surface area contributed by atoms with Gasteiger partial charge in [-0.3, -0.25) is 9.48 Å². The molecule has 0 spiro atoms. The molecule has 9 nitrogen and oxygen atoms in total. The van der Waals surface area contributed by atoms with Gasteiger partial charge in [0.2, 0.25) is 0 Å². The summed E-state index contributed by atoms with van der Waals surface area (Å²) in [7, 11) is 1.68. The second kappa shape index (κ2) is 7.23. The first-order valence-electron chi connectivity index (χ1n) is 8.99. The summed E-state index contributed by atoms with van der Waals surface area (Å²) in [6.45, 7) is 0. The van der Waals surface area contributed by atoms with Crippen LogP contribution in [0.5, 0.6) is 0 Å². The zero-order valence-corrected chi connectivity index (χ0v) is 16.2. The number of anilines is 2. The number of nitrogens with two attached hydrogens (primary N) is 1. The lowest BCUT2D eigenvalue weighted by Crippen LogP contribution is -2.55. The molecule has 0 aromatic carbocycles. The third-order valence-corrected chi connectivity index (χ3v) is 5.20. The zero-order chi connectivity index (χ0) is 20.8. The van der Waals surface area contributed by atoms with Gasteiger partial charge in [-0.15, -0.1) is 0 Å². The Morgan fingerprint density at radius 3 is 2.97 bits per heavy atom. The highest BCUT2D eigenvalue weighted by molar-refractivity contribution is 6.32. The van der Waals surface area contributed by atoms with Crippen molar-refractivity contribution in [3.63, 3.8) is 0 Å². The molecule has 0 aliphatic heterocycles. The summed E-state index contributed by atoms with van der Waals surface area (Å²) in [6, 6.07) is -0.336. The molecule has 29 heavy (non-hydrogen) atoms. The quantitative estimate of drug-likeness (QED) is 0.592. The third kappa shape index (κ3) is 3.75. The maximum atomic E-state index is 13.9. The number of hydrogen-bond donors (Lipinski definition) is 3. The number of alkyl halides is 2. The number of carbonyl (C=O) groups is 1. The molecule has 0 radical (unpaired) electrons. The van der Waals surface area contributed by atoms with E-state index in [1.54, 1.807) is 25.5 Å². The van der Waals surface area contributed by atoms with Crippen molar-refractivity contribution >= 4 is 34.7 Å². The molecule has 3 heterocycles. The van der Waals surface area contributed by atoms with Crippen LogP contribution in [0, 0.1) is 0 Å². The number of aryl methyl sites for hydroxylation is 1. The summed E-state index contributed by atoms with van der Waals surface area (Å²) in [5.74, 6) is -3.06. The molecule has 1 amide bonds. The van der Waals surface area contributed by atoms with Gasteiger partial charge in [-0.1, -0.05) is 11.6 Å². The van der Waals surface area contributed by atoms with Gasteiger partial charge in [-0.2, -0.15) is 10.2 Å². The normalized spacial score (nSPS) is 21.3. The van der Waals surface area contributed by atoms with E-state index in [1.165, 1.54) is 15.4 Å². The zero-order valence-electron chi connectivity index (χ0n) is 15.4. The number of aromatic nitrogens is 5. The first-order valence-corrected chi connectivity index (χ1v) is 9.37. The van der Waals surface area contributed by atoms with Crippen LogP contribution >= 0.6 is 11.6 Å². The fourth-order valence-corrected chi connectivity index (χ4v) is 3.61. The topological polar surface area (TPSA) is 115 Å². The van der Waals surface area contributed by atoms with Crippen LogP contribution in [0.4, 0.5) is 20.3 Å². The highest BCUT2D eigenvalue weighted by Crippen LogP contribution is 2.33. The summed E-state index contributed by atoms with van der Waals surface area (Å²) in [4.78, 5) is 17.0. The average Bonchev–Trinajstić information content (AvgIpc) is 3.21. The Bertz CT molecular complexity index is 1070. The molecule has 4 rings (SSSR count). The van der Waals surface area contributed by atoms with Crippen molar-refractivity contribution in [1.82, 2.24) is 24.4 Å². The summed E-state index contributed by atoms with van der Waals surface area (Å²) in [6.07, 6.45) is 5.18. The minimum Gasteiger partial charge on any atom is -0.365 e. The number of hydrogen-bond acceptors (Lipinski definition) is 6. The SMILES string of the molecule is Cn1cc(NC(=O)c2cnn3ccc(N[C@@H]4CCCC(F)(F)[C@@H]4N)nc23)c(Cl)n1. The van der Waals surface area contributed by atoms with Crippen molar-refractivity contribution in [1.29, 1.82) is 0 Å². The second-order valence-corrected chi connectivity index (χ2v) is 7.39. The van der Waals surface area contributed by atoms with E-state index in [0.29, 0.717) is 24.3 Å². The van der Waals surface area contributed by atoms with E-state index in [0.717, 1.165) is 0 Å². The van der Waals surface area contributed by atoms with Gasteiger partial charge in [-0.05, 0) is 18.9 Å². The van der Waals surface area contributed by atoms with Gasteiger partial charge in [0.25, 0.3) is 11.8 Å². The van der Waals surface area contributed by atoms with Crippen LogP contribution in [0.1, 0.15) is 29.6 Å². The maximum Gasteiger partial charge on any atom is 0.264 e. The van der Waals surface area contributed by atoms with Gasteiger partial charge in [0, 0.05) is 31.9 Å². The van der Waals surface area contributed by atoms with Crippen molar-refractivity contribution in [2.75, 3.05) is 10.6 Å². The van der Waals surface area contributed by atoms with Crippen LogP contribution in [-0.2, 0) is 7.05 Å². The van der Waals surface area contributed by atoms with E-state index in [9.17, 15) is 13.6 Å². The van der Waals surface area contributed by atoms with Crippen LogP contribution in [0.25, 0.3) is 5.65 Å². The molecule has 0 saturated heterocycles. The molecule has 3 aromatic rings. The fraction of sp³-hybridized carbons (Fsp3) is 0.412. The highest BCUT2D eigenvalue weighted by atomic mass is 35.5. The lowest BCUT2D eigenvalue weighted by molar-refractivity contribution is -0.0554. The molecule has 0 unspecified atom stereocenters. The fourth-order valence-electron chi connectivity index (χ4n) is 3.39. The number of nitrogens with one attached hydrogen (secondary N) is 2. The predicted octanol–water partition coefficient (Wildman–Crippen LogP) is 2.30. The summed E-state index contributed by atoms with van der Waals surface area (Å²) < 4.78 is 30.7. The molecule has 4 N–H and O–H groups in total. The molecular formula is C17H19ClF2N8O. The van der Waals surface area contributed by atoms with Crippen LogP contribution in [0.15, 0.2) is 24.7 Å². The number of fused-ring (bicyclic) bond motifs is 1. The van der Waals surface area contributed by atoms with E-state index in [1.807, 2.05) is 0 Å². The van der Waals surface area contributed by atoms with E-state index >= 15 is 0 Å². The molecule has 2 atom stereocenters. The Balaban J connectivity index is 1.58. The Morgan fingerprint density at radius 1 is 1.45 bits per heavy atom. The lowest BCUT2D eigenvalue weighted by atomic mass is 9.87. The Hall–Kier alpha value is -2.79. The van der Waals surface area contributed by atoms with Crippen molar-refractivity contribution in [3.8, 4) is 0 Å². The summed E-state index contributed by atoms with van der Waals surface area (Å²) in [5, 5.41) is 13.8. The number of carbonyl (C=O) groups excluding carboxylic acids is 1. The summed E-state index contributed by atoms with van der Waals surface area (Å²) in [5.41, 5.74) is 6.55. The smallest absolute Gasteiger partial charge is 0.264 e. The van der Waals surface area contributed by atoms with Crippen molar-refractivity contribution in [2.24, 2.45) is 12.8 Å². The van der Waals surface area contributed by atoms with Crippen molar-refractivity contribution in [2.45, 2.75) is 37.3 Å². The largest absolute Gasteiger partial charge is 0.365 e. The maximum absolute atomic E-state index is 13.9. The van der Waals surface area contributed by atoms with Gasteiger partial charge in [0.05, 0.1) is 17.9 Å². The standard InChI is InChI=1S/C17H19ClF2N8O/c1-27-8-11(14(18)26-27)24-16(29)9-7-22-28-6-4-12(25-15(9)28)23-10-3-2-5-17(19,20)13(10)21/h4,6-8,10,13H,2-3,5,21H2,1H3,(H,23,25)(H,24,29)/t10-,13-/m1/s1. The van der Waals surface area contributed by atoms with E-state index in [4.69, 9.17) is 17.3 Å². The van der Waals surface area contributed by atoms with E-state index in [2.05, 4.69) is 25.8 Å². The number of rotatable bonds is 4. The average molecular weight is 425 g/mol. The molecule has 0 bridgehead atoms. The van der Waals surface area contributed by atoms with E-state index < -0.39 is 23.9 Å². The highest BCUT2D eigenvalue weighted by Gasteiger charge is 2.44. The van der Waals surface area contributed by atoms with Gasteiger partial charge >= 0.3 is 0 Å². The van der Waals surface area contributed by atoms with Gasteiger partial charge < -0.3 is 16.4 Å². The molecule has 1 aliphatic rings. The third-order valence-electron chi connectivity index (χ3n) is 4.93. The van der Waals surface area contributed by atoms with E-state index in [-0.39, 0.29) is 22.8 Å². The number of nitrogens with zero attached hydrogens (tertiary/aromatic N) is 5. The van der Waals surface area contributed by atoms with Gasteiger partial charge in [0.15, 0.2) is 10.8 Å². The van der Waals surface area contributed by atoms with Crippen molar-refractivity contribution in [3.05, 3.63) is 35.4 Å². The molecular weight excluding hydrogens is 406 g/mol. The first-order chi connectivity index (χ1) is 13.7. The molecule has 12 heteroatoms. The lowest BCUT2D eigenvalue weighted by Gasteiger charge is -2.36. The Morgan fingerprint density at radius 2 is 2.24 bits per heavy atom. The Labute approximate surface area is 169 Å². The monoisotopic (exact) mass is 424 g/mol. The Kier molecular flexibility index (Phi) is 4.87. The minimum absolute atomic E-state index is 0.153. The summed E-state index contributed by atoms with van der Waals surface area (Å²) >= 11 is 5.97. The molecule has 1 saturated carbocycles. The number of amides is 1. The second-order valence-electron chi connectivity index (χ2n) is 7.03. The number of halogens is 3. The van der Waals surface area contributed by atoms with Crippen LogP contribution < -0.4 is 16.4 Å². The van der Waals surface area contributed by atoms with Gasteiger partial charge in [0.1, 0.15) is 11.4 Å². The van der Waals surface area contributed by atoms with Crippen LogP contribution in [0.2, 0.25) is 5.15 Å². The molecule has 1 aliphatic carbocycles. The molecule has 1 fully saturated rings. The minimum atomic E-state index is -2.93. The van der Waals surface area contributed by atoms with Crippen LogP contribution in [0.3, 0.4) is 0 Å². The first kappa shape index (κ1) is 19.5. The van der Waals surface area contributed by atoms with Crippen LogP contribution in [-0.4, -0.2) is 48.3 Å². The predicted molar refractivity (Wildman–Crippen MR) is 103 cm³/mol.